The Hall–Kier alpha value is -2.89. The monoisotopic (exact) mass is 339 g/mol. The number of benzene rings is 1. The van der Waals surface area contributed by atoms with Crippen LogP contribution in [0.5, 0.6) is 5.88 Å². The molecule has 0 N–H and O–H groups in total. The van der Waals surface area contributed by atoms with Gasteiger partial charge in [0, 0.05) is 43.2 Å². The van der Waals surface area contributed by atoms with Crippen LogP contribution < -0.4 is 4.74 Å². The minimum Gasteiger partial charge on any atom is -0.472 e. The van der Waals surface area contributed by atoms with Crippen molar-refractivity contribution in [3.05, 3.63) is 60.2 Å². The van der Waals surface area contributed by atoms with Gasteiger partial charge >= 0.3 is 0 Å². The van der Waals surface area contributed by atoms with Gasteiger partial charge in [-0.25, -0.2) is 0 Å². The van der Waals surface area contributed by atoms with Gasteiger partial charge in [-0.2, -0.15) is 9.37 Å². The SMILES string of the molecule is Cn1cc(C(=O)N2CCC(Oc3cccc(F)n3)C2)c2ccccc21. The average molecular weight is 339 g/mol. The van der Waals surface area contributed by atoms with Crippen molar-refractivity contribution in [2.75, 3.05) is 13.1 Å². The summed E-state index contributed by atoms with van der Waals surface area (Å²) in [5.41, 5.74) is 1.73. The largest absolute Gasteiger partial charge is 0.472 e. The molecule has 2 aromatic heterocycles. The van der Waals surface area contributed by atoms with Crippen LogP contribution in [-0.4, -0.2) is 39.6 Å². The third-order valence-electron chi connectivity index (χ3n) is 4.54. The molecule has 0 bridgehead atoms. The second-order valence-corrected chi connectivity index (χ2v) is 6.25. The molecule has 1 fully saturated rings. The molecular formula is C19H18FN3O2. The summed E-state index contributed by atoms with van der Waals surface area (Å²) in [6.45, 7) is 1.09. The summed E-state index contributed by atoms with van der Waals surface area (Å²) in [7, 11) is 1.94. The van der Waals surface area contributed by atoms with Crippen LogP contribution in [-0.2, 0) is 7.05 Å². The van der Waals surface area contributed by atoms with Crippen LogP contribution in [0, 0.1) is 5.95 Å². The van der Waals surface area contributed by atoms with E-state index in [1.807, 2.05) is 42.1 Å². The van der Waals surface area contributed by atoms with Gasteiger partial charge in [-0.05, 0) is 12.1 Å². The molecule has 0 radical (unpaired) electrons. The molecule has 4 rings (SSSR count). The van der Waals surface area contributed by atoms with Gasteiger partial charge in [-0.1, -0.05) is 24.3 Å². The lowest BCUT2D eigenvalue weighted by Crippen LogP contribution is -2.31. The summed E-state index contributed by atoms with van der Waals surface area (Å²) in [4.78, 5) is 18.4. The van der Waals surface area contributed by atoms with Crippen LogP contribution in [0.15, 0.2) is 48.7 Å². The highest BCUT2D eigenvalue weighted by Gasteiger charge is 2.30. The molecule has 0 spiro atoms. The maximum atomic E-state index is 13.2. The summed E-state index contributed by atoms with van der Waals surface area (Å²) < 4.78 is 20.8. The number of ether oxygens (including phenoxy) is 1. The lowest BCUT2D eigenvalue weighted by Gasteiger charge is -2.16. The van der Waals surface area contributed by atoms with Crippen molar-refractivity contribution in [3.63, 3.8) is 0 Å². The summed E-state index contributed by atoms with van der Waals surface area (Å²) in [5, 5.41) is 0.950. The smallest absolute Gasteiger partial charge is 0.256 e. The Labute approximate surface area is 144 Å². The number of hydrogen-bond donors (Lipinski definition) is 0. The van der Waals surface area contributed by atoms with Gasteiger partial charge in [0.15, 0.2) is 0 Å². The highest BCUT2D eigenvalue weighted by molar-refractivity contribution is 6.07. The van der Waals surface area contributed by atoms with Crippen LogP contribution >= 0.6 is 0 Å². The van der Waals surface area contributed by atoms with Gasteiger partial charge in [-0.3, -0.25) is 4.79 Å². The van der Waals surface area contributed by atoms with E-state index in [1.54, 1.807) is 17.0 Å². The molecule has 1 unspecified atom stereocenters. The molecule has 25 heavy (non-hydrogen) atoms. The first-order chi connectivity index (χ1) is 12.1. The van der Waals surface area contributed by atoms with Crippen LogP contribution in [0.2, 0.25) is 0 Å². The molecular weight excluding hydrogens is 321 g/mol. The standard InChI is InChI=1S/C19H18FN3O2/c1-22-12-15(14-5-2-3-6-16(14)22)19(24)23-10-9-13(11-23)25-18-8-4-7-17(20)21-18/h2-8,12-13H,9-11H2,1H3. The fourth-order valence-corrected chi connectivity index (χ4v) is 3.32. The first-order valence-electron chi connectivity index (χ1n) is 8.24. The fourth-order valence-electron chi connectivity index (χ4n) is 3.32. The predicted molar refractivity (Wildman–Crippen MR) is 92.1 cm³/mol. The zero-order valence-corrected chi connectivity index (χ0v) is 13.9. The van der Waals surface area contributed by atoms with Crippen LogP contribution in [0.25, 0.3) is 10.9 Å². The minimum atomic E-state index is -0.570. The number of halogens is 1. The molecule has 128 valence electrons. The first-order valence-corrected chi connectivity index (χ1v) is 8.24. The number of amides is 1. The molecule has 3 heterocycles. The topological polar surface area (TPSA) is 47.4 Å². The Morgan fingerprint density at radius 1 is 1.24 bits per heavy atom. The molecule has 6 heteroatoms. The van der Waals surface area contributed by atoms with Crippen molar-refractivity contribution in [2.45, 2.75) is 12.5 Å². The number of hydrogen-bond acceptors (Lipinski definition) is 3. The van der Waals surface area contributed by atoms with Crippen molar-refractivity contribution in [1.29, 1.82) is 0 Å². The van der Waals surface area contributed by atoms with Crippen LogP contribution in [0.1, 0.15) is 16.8 Å². The van der Waals surface area contributed by atoms with Gasteiger partial charge in [0.05, 0.1) is 12.1 Å². The van der Waals surface area contributed by atoms with E-state index in [-0.39, 0.29) is 17.9 Å². The van der Waals surface area contributed by atoms with E-state index >= 15 is 0 Å². The van der Waals surface area contributed by atoms with Gasteiger partial charge in [0.2, 0.25) is 11.8 Å². The maximum absolute atomic E-state index is 13.2. The van der Waals surface area contributed by atoms with Crippen LogP contribution in [0.3, 0.4) is 0 Å². The van der Waals surface area contributed by atoms with E-state index in [1.165, 1.54) is 6.07 Å². The van der Waals surface area contributed by atoms with Crippen LogP contribution in [0.4, 0.5) is 4.39 Å². The van der Waals surface area contributed by atoms with Gasteiger partial charge < -0.3 is 14.2 Å². The highest BCUT2D eigenvalue weighted by atomic mass is 19.1. The molecule has 1 aromatic carbocycles. The lowest BCUT2D eigenvalue weighted by molar-refractivity contribution is 0.0772. The molecule has 0 saturated carbocycles. The van der Waals surface area contributed by atoms with Crippen molar-refractivity contribution in [3.8, 4) is 5.88 Å². The van der Waals surface area contributed by atoms with Crippen molar-refractivity contribution in [1.82, 2.24) is 14.5 Å². The second-order valence-electron chi connectivity index (χ2n) is 6.25. The number of aromatic nitrogens is 2. The fraction of sp³-hybridized carbons (Fsp3) is 0.263. The minimum absolute atomic E-state index is 0.00454. The summed E-state index contributed by atoms with van der Waals surface area (Å²) in [6, 6.07) is 12.3. The highest BCUT2D eigenvalue weighted by Crippen LogP contribution is 2.24. The maximum Gasteiger partial charge on any atom is 0.256 e. The average Bonchev–Trinajstić information content (AvgIpc) is 3.20. The molecule has 1 amide bonds. The van der Waals surface area contributed by atoms with E-state index in [0.717, 1.165) is 10.9 Å². The quantitative estimate of drug-likeness (QED) is 0.689. The number of pyridine rings is 1. The zero-order chi connectivity index (χ0) is 17.4. The molecule has 1 saturated heterocycles. The first kappa shape index (κ1) is 15.6. The van der Waals surface area contributed by atoms with E-state index in [0.29, 0.717) is 25.1 Å². The molecule has 1 aliphatic heterocycles. The second kappa shape index (κ2) is 6.20. The summed E-state index contributed by atoms with van der Waals surface area (Å²) in [6.07, 6.45) is 2.40. The van der Waals surface area contributed by atoms with E-state index in [4.69, 9.17) is 4.74 Å². The Morgan fingerprint density at radius 3 is 2.92 bits per heavy atom. The number of aryl methyl sites for hydroxylation is 1. The lowest BCUT2D eigenvalue weighted by atomic mass is 10.1. The third-order valence-corrected chi connectivity index (χ3v) is 4.54. The Morgan fingerprint density at radius 2 is 2.08 bits per heavy atom. The molecule has 3 aromatic rings. The number of fused-ring (bicyclic) bond motifs is 1. The van der Waals surface area contributed by atoms with Gasteiger partial charge in [0.25, 0.3) is 5.91 Å². The summed E-state index contributed by atoms with van der Waals surface area (Å²) >= 11 is 0. The van der Waals surface area contributed by atoms with E-state index in [9.17, 15) is 9.18 Å². The number of rotatable bonds is 3. The number of nitrogens with zero attached hydrogens (tertiary/aromatic N) is 3. The number of para-hydroxylation sites is 1. The van der Waals surface area contributed by atoms with Gasteiger partial charge in [0.1, 0.15) is 6.10 Å². The number of likely N-dealkylation sites (tertiary alicyclic amines) is 1. The third kappa shape index (κ3) is 2.95. The number of carbonyl (C=O) groups excluding carboxylic acids is 1. The normalized spacial score (nSPS) is 17.2. The molecule has 1 aliphatic rings. The molecule has 5 nitrogen and oxygen atoms in total. The predicted octanol–water partition coefficient (Wildman–Crippen LogP) is 3.01. The Kier molecular flexibility index (Phi) is 3.87. The Balaban J connectivity index is 1.50. The summed E-state index contributed by atoms with van der Waals surface area (Å²) in [5.74, 6) is -0.321. The van der Waals surface area contributed by atoms with E-state index in [2.05, 4.69) is 4.98 Å². The van der Waals surface area contributed by atoms with E-state index < -0.39 is 5.95 Å². The van der Waals surface area contributed by atoms with Crippen molar-refractivity contribution in [2.24, 2.45) is 7.05 Å². The Bertz CT molecular complexity index is 937. The van der Waals surface area contributed by atoms with Crippen molar-refractivity contribution >= 4 is 16.8 Å². The molecule has 0 aliphatic carbocycles. The van der Waals surface area contributed by atoms with Gasteiger partial charge in [-0.15, -0.1) is 0 Å². The molecule has 1 atom stereocenters. The zero-order valence-electron chi connectivity index (χ0n) is 13.9. The number of carbonyl (C=O) groups is 1. The van der Waals surface area contributed by atoms with Crippen molar-refractivity contribution < 1.29 is 13.9 Å².